The first-order chi connectivity index (χ1) is 4.33. The van der Waals surface area contributed by atoms with Crippen LogP contribution in [0.25, 0.3) is 0 Å². The van der Waals surface area contributed by atoms with E-state index in [4.69, 9.17) is 0 Å². The third-order valence-electron chi connectivity index (χ3n) is 0.710. The van der Waals surface area contributed by atoms with Crippen molar-refractivity contribution < 1.29 is 4.57 Å². The first-order valence-corrected chi connectivity index (χ1v) is 3.44. The SMILES string of the molecule is O=Pc1nccc(S)n1. The molecule has 0 spiro atoms. The van der Waals surface area contributed by atoms with Crippen LogP contribution in [0.15, 0.2) is 17.3 Å². The minimum atomic E-state index is -0.166. The lowest BCUT2D eigenvalue weighted by Crippen LogP contribution is -2.02. The van der Waals surface area contributed by atoms with E-state index in [1.54, 1.807) is 6.07 Å². The predicted octanol–water partition coefficient (Wildman–Crippen LogP) is 0.682. The van der Waals surface area contributed by atoms with E-state index in [0.29, 0.717) is 5.03 Å². The highest BCUT2D eigenvalue weighted by Gasteiger charge is 1.91. The summed E-state index contributed by atoms with van der Waals surface area (Å²) in [5.41, 5.74) is 0.266. The summed E-state index contributed by atoms with van der Waals surface area (Å²) in [5.74, 6) is 0. The Balaban J connectivity index is 3.07. The highest BCUT2D eigenvalue weighted by Crippen LogP contribution is 1.96. The second-order valence-corrected chi connectivity index (χ2v) is 2.35. The summed E-state index contributed by atoms with van der Waals surface area (Å²) < 4.78 is 10.1. The van der Waals surface area contributed by atoms with E-state index >= 15 is 0 Å². The molecule has 3 nitrogen and oxygen atoms in total. The molecule has 0 unspecified atom stereocenters. The Hall–Kier alpha value is -0.470. The van der Waals surface area contributed by atoms with Gasteiger partial charge in [-0.25, -0.2) is 9.97 Å². The van der Waals surface area contributed by atoms with Crippen LogP contribution in [0.4, 0.5) is 0 Å². The summed E-state index contributed by atoms with van der Waals surface area (Å²) >= 11 is 3.91. The van der Waals surface area contributed by atoms with Gasteiger partial charge in [-0.05, 0) is 6.07 Å². The largest absolute Gasteiger partial charge is 0.266 e. The van der Waals surface area contributed by atoms with Crippen molar-refractivity contribution in [2.24, 2.45) is 0 Å². The van der Waals surface area contributed by atoms with Crippen molar-refractivity contribution >= 4 is 26.7 Å². The molecule has 1 aromatic heterocycles. The number of thiol groups is 1. The Morgan fingerprint density at radius 3 is 2.89 bits per heavy atom. The molecule has 0 aliphatic rings. The van der Waals surface area contributed by atoms with E-state index in [9.17, 15) is 4.57 Å². The van der Waals surface area contributed by atoms with Crippen molar-refractivity contribution in [1.29, 1.82) is 0 Å². The van der Waals surface area contributed by atoms with Gasteiger partial charge in [0.2, 0.25) is 14.0 Å². The molecule has 0 radical (unpaired) electrons. The van der Waals surface area contributed by atoms with Crippen LogP contribution >= 0.6 is 21.1 Å². The molecule has 0 atom stereocenters. The molecular weight excluding hydrogens is 155 g/mol. The van der Waals surface area contributed by atoms with Gasteiger partial charge in [0.15, 0.2) is 0 Å². The lowest BCUT2D eigenvalue weighted by molar-refractivity contribution is 0.602. The van der Waals surface area contributed by atoms with Crippen LogP contribution in [-0.4, -0.2) is 9.97 Å². The number of aromatic nitrogens is 2. The molecule has 0 fully saturated rings. The van der Waals surface area contributed by atoms with E-state index < -0.39 is 0 Å². The van der Waals surface area contributed by atoms with Gasteiger partial charge in [0.25, 0.3) is 0 Å². The maximum absolute atomic E-state index is 10.1. The van der Waals surface area contributed by atoms with E-state index in [1.807, 2.05) is 0 Å². The van der Waals surface area contributed by atoms with E-state index in [2.05, 4.69) is 22.6 Å². The predicted molar refractivity (Wildman–Crippen MR) is 36.5 cm³/mol. The summed E-state index contributed by atoms with van der Waals surface area (Å²) in [6.07, 6.45) is 1.51. The molecular formula is C4H3N2OPS. The van der Waals surface area contributed by atoms with Gasteiger partial charge in [-0.3, -0.25) is 4.57 Å². The van der Waals surface area contributed by atoms with Crippen molar-refractivity contribution in [2.75, 3.05) is 0 Å². The van der Waals surface area contributed by atoms with Gasteiger partial charge in [-0.2, -0.15) is 0 Å². The minimum Gasteiger partial charge on any atom is -0.266 e. The van der Waals surface area contributed by atoms with E-state index in [-0.39, 0.29) is 14.0 Å². The first-order valence-electron chi connectivity index (χ1n) is 2.18. The Bertz CT molecular complexity index is 230. The van der Waals surface area contributed by atoms with Gasteiger partial charge in [0.05, 0.1) is 5.03 Å². The molecule has 0 aliphatic carbocycles. The molecule has 0 saturated carbocycles. The molecule has 1 heterocycles. The fourth-order valence-electron chi connectivity index (χ4n) is 0.383. The number of hydrogen-bond donors (Lipinski definition) is 1. The zero-order chi connectivity index (χ0) is 6.69. The Morgan fingerprint density at radius 1 is 1.67 bits per heavy atom. The average molecular weight is 158 g/mol. The minimum absolute atomic E-state index is 0.166. The van der Waals surface area contributed by atoms with Crippen LogP contribution in [0.3, 0.4) is 0 Å². The molecule has 0 amide bonds. The van der Waals surface area contributed by atoms with Crippen molar-refractivity contribution in [3.63, 3.8) is 0 Å². The highest BCUT2D eigenvalue weighted by atomic mass is 32.1. The lowest BCUT2D eigenvalue weighted by atomic mass is 10.7. The van der Waals surface area contributed by atoms with Crippen molar-refractivity contribution in [2.45, 2.75) is 5.03 Å². The summed E-state index contributed by atoms with van der Waals surface area (Å²) in [6, 6.07) is 1.62. The maximum Gasteiger partial charge on any atom is 0.233 e. The zero-order valence-corrected chi connectivity index (χ0v) is 6.14. The van der Waals surface area contributed by atoms with Crippen molar-refractivity contribution in [1.82, 2.24) is 9.97 Å². The standard InChI is InChI=1S/C4H3N2OPS/c7-8-4-5-2-1-3(9)6-4/h1-2H,(H,5,6,9). The third-order valence-corrected chi connectivity index (χ3v) is 1.34. The molecule has 1 aromatic rings. The van der Waals surface area contributed by atoms with Gasteiger partial charge in [-0.1, -0.05) is 0 Å². The second kappa shape index (κ2) is 2.90. The Kier molecular flexibility index (Phi) is 2.14. The first kappa shape index (κ1) is 6.65. The Labute approximate surface area is 59.1 Å². The molecule has 0 bridgehead atoms. The normalized spacial score (nSPS) is 9.89. The van der Waals surface area contributed by atoms with Gasteiger partial charge in [-0.15, -0.1) is 12.6 Å². The summed E-state index contributed by atoms with van der Waals surface area (Å²) in [4.78, 5) is 7.39. The van der Waals surface area contributed by atoms with Crippen LogP contribution in [0.1, 0.15) is 0 Å². The maximum atomic E-state index is 10.1. The highest BCUT2D eigenvalue weighted by molar-refractivity contribution is 7.80. The van der Waals surface area contributed by atoms with Crippen LogP contribution < -0.4 is 5.57 Å². The molecule has 1 rings (SSSR count). The lowest BCUT2D eigenvalue weighted by Gasteiger charge is -1.86. The summed E-state index contributed by atoms with van der Waals surface area (Å²) in [6.45, 7) is 0. The molecule has 5 heteroatoms. The third kappa shape index (κ3) is 1.73. The van der Waals surface area contributed by atoms with Crippen LogP contribution in [-0.2, 0) is 4.57 Å². The second-order valence-electron chi connectivity index (χ2n) is 1.31. The summed E-state index contributed by atoms with van der Waals surface area (Å²) in [7, 11) is -0.166. The molecule has 0 N–H and O–H groups in total. The molecule has 46 valence electrons. The van der Waals surface area contributed by atoms with Gasteiger partial charge >= 0.3 is 0 Å². The number of rotatable bonds is 1. The quantitative estimate of drug-likeness (QED) is 0.371. The molecule has 0 aliphatic heterocycles. The van der Waals surface area contributed by atoms with Crippen molar-refractivity contribution in [3.05, 3.63) is 12.3 Å². The smallest absolute Gasteiger partial charge is 0.233 e. The van der Waals surface area contributed by atoms with Gasteiger partial charge in [0.1, 0.15) is 0 Å². The Morgan fingerprint density at radius 2 is 2.44 bits per heavy atom. The molecule has 0 saturated heterocycles. The van der Waals surface area contributed by atoms with Gasteiger partial charge in [0, 0.05) is 6.20 Å². The summed E-state index contributed by atoms with van der Waals surface area (Å²) in [5, 5.41) is 0.531. The molecule has 9 heavy (non-hydrogen) atoms. The van der Waals surface area contributed by atoms with Crippen LogP contribution in [0.2, 0.25) is 0 Å². The van der Waals surface area contributed by atoms with Gasteiger partial charge < -0.3 is 0 Å². The fraction of sp³-hybridized carbons (Fsp3) is 0. The van der Waals surface area contributed by atoms with E-state index in [1.165, 1.54) is 6.20 Å². The fourth-order valence-corrected chi connectivity index (χ4v) is 0.886. The van der Waals surface area contributed by atoms with E-state index in [0.717, 1.165) is 0 Å². The monoisotopic (exact) mass is 158 g/mol. The van der Waals surface area contributed by atoms with Crippen molar-refractivity contribution in [3.8, 4) is 0 Å². The topological polar surface area (TPSA) is 42.9 Å². The number of hydrogen-bond acceptors (Lipinski definition) is 4. The molecule has 0 aromatic carbocycles. The number of nitrogens with zero attached hydrogens (tertiary/aromatic N) is 2. The zero-order valence-electron chi connectivity index (χ0n) is 4.35. The van der Waals surface area contributed by atoms with Crippen LogP contribution in [0.5, 0.6) is 0 Å². The van der Waals surface area contributed by atoms with Crippen LogP contribution in [0, 0.1) is 0 Å². The average Bonchev–Trinajstić information content (AvgIpc) is 1.88.